The van der Waals surface area contributed by atoms with E-state index in [9.17, 15) is 0 Å². The van der Waals surface area contributed by atoms with Crippen LogP contribution in [0.25, 0.3) is 11.3 Å². The van der Waals surface area contributed by atoms with Crippen LogP contribution in [0.5, 0.6) is 0 Å². The monoisotopic (exact) mass is 401 g/mol. The summed E-state index contributed by atoms with van der Waals surface area (Å²) in [6, 6.07) is 11.5. The molecule has 0 N–H and O–H groups in total. The third-order valence-electron chi connectivity index (χ3n) is 4.34. The van der Waals surface area contributed by atoms with Gasteiger partial charge < -0.3 is 9.15 Å². The Kier molecular flexibility index (Phi) is 5.57. The lowest BCUT2D eigenvalue weighted by Gasteiger charge is -2.05. The molecule has 0 bridgehead atoms. The van der Waals surface area contributed by atoms with Gasteiger partial charge in [-0.1, -0.05) is 23.7 Å². The maximum absolute atomic E-state index is 6.03. The Hall–Kier alpha value is -2.15. The molecule has 1 fully saturated rings. The summed E-state index contributed by atoms with van der Waals surface area (Å²) in [5.74, 6) is 1.56. The number of nitrogens with zero attached hydrogens (tertiary/aromatic N) is 3. The summed E-state index contributed by atoms with van der Waals surface area (Å²) in [5, 5.41) is 7.40. The van der Waals surface area contributed by atoms with E-state index in [0.29, 0.717) is 17.3 Å². The molecule has 2 aromatic heterocycles. The van der Waals surface area contributed by atoms with Gasteiger partial charge in [0, 0.05) is 22.6 Å². The van der Waals surface area contributed by atoms with Crippen LogP contribution in [0.15, 0.2) is 56.3 Å². The van der Waals surface area contributed by atoms with Crippen LogP contribution in [-0.4, -0.2) is 30.1 Å². The largest absolute Gasteiger partial charge is 0.460 e. The van der Waals surface area contributed by atoms with Crippen LogP contribution in [0.4, 0.5) is 0 Å². The quantitative estimate of drug-likeness (QED) is 0.580. The maximum atomic E-state index is 6.03. The van der Waals surface area contributed by atoms with Gasteiger partial charge in [-0.05, 0) is 44.0 Å². The molecular formula is C20H20ClN3O2S. The lowest BCUT2D eigenvalue weighted by molar-refractivity contribution is 0.117. The maximum Gasteiger partial charge on any atom is 0.206 e. The summed E-state index contributed by atoms with van der Waals surface area (Å²) < 4.78 is 13.1. The topological polar surface area (TPSA) is 52.0 Å². The summed E-state index contributed by atoms with van der Waals surface area (Å²) in [5.41, 5.74) is 1.99. The van der Waals surface area contributed by atoms with Gasteiger partial charge in [-0.15, -0.1) is 11.3 Å². The molecule has 3 aromatic rings. The standard InChI is InChI=1S/C20H20ClN3O2S/c1-14-4-9-18(26-14)12-23-24-19(15-5-7-16(21)8-6-15)13-27-20(24)22-11-17-3-2-10-25-17/h4-9,12-13,17H,2-3,10-11H2,1H3/b22-20?,23-12-. The third kappa shape index (κ3) is 4.40. The number of benzene rings is 1. The Morgan fingerprint density at radius 2 is 2.11 bits per heavy atom. The second-order valence-corrected chi connectivity index (χ2v) is 7.66. The number of furan rings is 1. The van der Waals surface area contributed by atoms with Gasteiger partial charge in [0.1, 0.15) is 11.5 Å². The predicted octanol–water partition coefficient (Wildman–Crippen LogP) is 4.73. The van der Waals surface area contributed by atoms with Crippen molar-refractivity contribution in [2.75, 3.05) is 13.2 Å². The Balaban J connectivity index is 1.71. The molecule has 1 atom stereocenters. The van der Waals surface area contributed by atoms with Gasteiger partial charge >= 0.3 is 0 Å². The lowest BCUT2D eigenvalue weighted by atomic mass is 10.2. The van der Waals surface area contributed by atoms with Crippen LogP contribution in [0.2, 0.25) is 5.02 Å². The number of aryl methyl sites for hydroxylation is 1. The van der Waals surface area contributed by atoms with Crippen LogP contribution >= 0.6 is 22.9 Å². The first-order valence-electron chi connectivity index (χ1n) is 8.88. The van der Waals surface area contributed by atoms with Gasteiger partial charge in [-0.2, -0.15) is 5.10 Å². The molecule has 140 valence electrons. The second-order valence-electron chi connectivity index (χ2n) is 6.39. The number of rotatable bonds is 5. The van der Waals surface area contributed by atoms with Gasteiger partial charge in [-0.25, -0.2) is 4.68 Å². The first-order chi connectivity index (χ1) is 13.2. The van der Waals surface area contributed by atoms with E-state index in [1.807, 2.05) is 48.0 Å². The van der Waals surface area contributed by atoms with Crippen molar-refractivity contribution in [2.24, 2.45) is 10.1 Å². The highest BCUT2D eigenvalue weighted by Gasteiger charge is 2.15. The van der Waals surface area contributed by atoms with Crippen molar-refractivity contribution in [1.29, 1.82) is 0 Å². The summed E-state index contributed by atoms with van der Waals surface area (Å²) in [4.78, 5) is 5.58. The van der Waals surface area contributed by atoms with Crippen LogP contribution in [-0.2, 0) is 4.74 Å². The van der Waals surface area contributed by atoms with Crippen molar-refractivity contribution in [1.82, 2.24) is 4.68 Å². The third-order valence-corrected chi connectivity index (χ3v) is 5.45. The highest BCUT2D eigenvalue weighted by atomic mass is 35.5. The minimum Gasteiger partial charge on any atom is -0.460 e. The van der Waals surface area contributed by atoms with E-state index >= 15 is 0 Å². The smallest absolute Gasteiger partial charge is 0.206 e. The molecule has 1 unspecified atom stereocenters. The fourth-order valence-corrected chi connectivity index (χ4v) is 3.92. The average Bonchev–Trinajstić information content (AvgIpc) is 3.40. The van der Waals surface area contributed by atoms with E-state index in [2.05, 4.69) is 10.5 Å². The van der Waals surface area contributed by atoms with E-state index in [4.69, 9.17) is 25.7 Å². The van der Waals surface area contributed by atoms with E-state index < -0.39 is 0 Å². The first-order valence-corrected chi connectivity index (χ1v) is 10.1. The van der Waals surface area contributed by atoms with E-state index in [1.165, 1.54) is 0 Å². The summed E-state index contributed by atoms with van der Waals surface area (Å²) in [6.45, 7) is 3.39. The number of hydrogen-bond donors (Lipinski definition) is 0. The van der Waals surface area contributed by atoms with Gasteiger partial charge in [0.15, 0.2) is 0 Å². The Bertz CT molecular complexity index is 995. The van der Waals surface area contributed by atoms with Crippen LogP contribution in [0, 0.1) is 6.92 Å². The van der Waals surface area contributed by atoms with Crippen LogP contribution in [0.1, 0.15) is 24.4 Å². The van der Waals surface area contributed by atoms with E-state index in [1.54, 1.807) is 17.6 Å². The van der Waals surface area contributed by atoms with Crippen LogP contribution in [0.3, 0.4) is 0 Å². The number of halogens is 1. The minimum absolute atomic E-state index is 0.205. The molecule has 1 aromatic carbocycles. The molecule has 1 saturated heterocycles. The molecule has 1 aliphatic rings. The number of ether oxygens (including phenoxy) is 1. The molecule has 3 heterocycles. The van der Waals surface area contributed by atoms with Crippen molar-refractivity contribution in [2.45, 2.75) is 25.9 Å². The summed E-state index contributed by atoms with van der Waals surface area (Å²) >= 11 is 7.59. The molecule has 0 spiro atoms. The fourth-order valence-electron chi connectivity index (χ4n) is 2.94. The van der Waals surface area contributed by atoms with Gasteiger partial charge in [0.25, 0.3) is 0 Å². The Morgan fingerprint density at radius 3 is 2.81 bits per heavy atom. The van der Waals surface area contributed by atoms with Crippen LogP contribution < -0.4 is 4.80 Å². The SMILES string of the molecule is Cc1ccc(/C=N\n2c(-c3ccc(Cl)cc3)csc2=NCC2CCCO2)o1. The second kappa shape index (κ2) is 8.25. The molecule has 0 radical (unpaired) electrons. The van der Waals surface area contributed by atoms with Gasteiger partial charge in [-0.3, -0.25) is 4.99 Å². The summed E-state index contributed by atoms with van der Waals surface area (Å²) in [7, 11) is 0. The zero-order valence-corrected chi connectivity index (χ0v) is 16.5. The lowest BCUT2D eigenvalue weighted by Crippen LogP contribution is -2.17. The predicted molar refractivity (Wildman–Crippen MR) is 109 cm³/mol. The molecule has 1 aliphatic heterocycles. The summed E-state index contributed by atoms with van der Waals surface area (Å²) in [6.07, 6.45) is 4.09. The van der Waals surface area contributed by atoms with Crippen molar-refractivity contribution in [3.8, 4) is 11.3 Å². The molecule has 7 heteroatoms. The minimum atomic E-state index is 0.205. The highest BCUT2D eigenvalue weighted by molar-refractivity contribution is 7.07. The number of hydrogen-bond acceptors (Lipinski definition) is 5. The molecule has 0 aliphatic carbocycles. The van der Waals surface area contributed by atoms with E-state index in [-0.39, 0.29) is 6.10 Å². The Labute approximate surface area is 166 Å². The molecule has 0 amide bonds. The first kappa shape index (κ1) is 18.2. The molecule has 27 heavy (non-hydrogen) atoms. The number of thiazole rings is 1. The molecule has 4 rings (SSSR count). The van der Waals surface area contributed by atoms with Crippen molar-refractivity contribution < 1.29 is 9.15 Å². The molecule has 5 nitrogen and oxygen atoms in total. The Morgan fingerprint density at radius 1 is 1.26 bits per heavy atom. The average molecular weight is 402 g/mol. The normalized spacial score (nSPS) is 18.0. The zero-order chi connectivity index (χ0) is 18.6. The molecule has 0 saturated carbocycles. The fraction of sp³-hybridized carbons (Fsp3) is 0.300. The van der Waals surface area contributed by atoms with Crippen molar-refractivity contribution in [3.05, 3.63) is 63.1 Å². The zero-order valence-electron chi connectivity index (χ0n) is 15.0. The van der Waals surface area contributed by atoms with Crippen molar-refractivity contribution in [3.63, 3.8) is 0 Å². The van der Waals surface area contributed by atoms with Gasteiger partial charge in [0.2, 0.25) is 4.80 Å². The molecular weight excluding hydrogens is 382 g/mol. The van der Waals surface area contributed by atoms with Crippen molar-refractivity contribution >= 4 is 29.2 Å². The highest BCUT2D eigenvalue weighted by Crippen LogP contribution is 2.22. The van der Waals surface area contributed by atoms with E-state index in [0.717, 1.165) is 41.3 Å². The number of aromatic nitrogens is 1. The van der Waals surface area contributed by atoms with Gasteiger partial charge in [0.05, 0.1) is 24.6 Å².